The van der Waals surface area contributed by atoms with E-state index >= 15 is 0 Å². The standard InChI is InChI=1S/C59H39N3S/c1-2-39-24-26-43(27-25-39)44-28-30-45(31-29-44)57-60-58(47-21-12-20-46(34-47)40-14-6-3-7-15-40)62-59(61-57)48-32-33-53-55(38-48)63-54-23-13-22-52(56(53)54)51-36-49(41-16-8-4-9-17-41)35-50(37-51)42-18-10-5-11-19-42/h2-38H,1H2/i13D,22D,23D,32D,33D,38D. The molecule has 2 heterocycles. The lowest BCUT2D eigenvalue weighted by molar-refractivity contribution is 1.07. The Morgan fingerprint density at radius 1 is 0.397 bits per heavy atom. The van der Waals surface area contributed by atoms with Gasteiger partial charge in [-0.1, -0.05) is 195 Å². The van der Waals surface area contributed by atoms with Crippen molar-refractivity contribution < 1.29 is 8.22 Å². The molecule has 0 bridgehead atoms. The van der Waals surface area contributed by atoms with Gasteiger partial charge in [0.1, 0.15) is 0 Å². The van der Waals surface area contributed by atoms with Gasteiger partial charge in [-0.3, -0.25) is 0 Å². The summed E-state index contributed by atoms with van der Waals surface area (Å²) in [5, 5.41) is 0.677. The van der Waals surface area contributed by atoms with Gasteiger partial charge in [-0.15, -0.1) is 11.3 Å². The molecule has 0 atom stereocenters. The maximum absolute atomic E-state index is 9.89. The second kappa shape index (κ2) is 16.4. The summed E-state index contributed by atoms with van der Waals surface area (Å²) in [4.78, 5) is 15.0. The lowest BCUT2D eigenvalue weighted by Crippen LogP contribution is -2.00. The molecule has 0 amide bonds. The summed E-state index contributed by atoms with van der Waals surface area (Å²) in [5.41, 5.74) is 11.2. The van der Waals surface area contributed by atoms with E-state index in [4.69, 9.17) is 16.3 Å². The first-order valence-corrected chi connectivity index (χ1v) is 21.4. The highest BCUT2D eigenvalue weighted by Crippen LogP contribution is 2.43. The Hall–Kier alpha value is -8.05. The molecule has 2 aromatic heterocycles. The molecule has 3 nitrogen and oxygen atoms in total. The fourth-order valence-electron chi connectivity index (χ4n) is 7.98. The van der Waals surface area contributed by atoms with Crippen molar-refractivity contribution in [1.29, 1.82) is 0 Å². The summed E-state index contributed by atoms with van der Waals surface area (Å²) in [6, 6.07) is 58.7. The molecule has 296 valence electrons. The maximum Gasteiger partial charge on any atom is 0.164 e. The molecule has 0 fully saturated rings. The topological polar surface area (TPSA) is 38.7 Å². The first kappa shape index (κ1) is 31.8. The van der Waals surface area contributed by atoms with Crippen LogP contribution >= 0.6 is 11.3 Å². The van der Waals surface area contributed by atoms with Crippen molar-refractivity contribution in [3.63, 3.8) is 0 Å². The van der Waals surface area contributed by atoms with E-state index in [0.717, 1.165) is 61.4 Å². The number of benzene rings is 9. The number of rotatable bonds is 9. The van der Waals surface area contributed by atoms with Crippen LogP contribution in [-0.2, 0) is 0 Å². The number of hydrogen-bond donors (Lipinski definition) is 0. The highest BCUT2D eigenvalue weighted by molar-refractivity contribution is 7.26. The van der Waals surface area contributed by atoms with Crippen LogP contribution in [0.1, 0.15) is 13.8 Å². The van der Waals surface area contributed by atoms with Crippen LogP contribution in [-0.4, -0.2) is 15.0 Å². The Kier molecular flexibility index (Phi) is 8.29. The van der Waals surface area contributed by atoms with Crippen molar-refractivity contribution in [1.82, 2.24) is 15.0 Å². The molecule has 0 aliphatic heterocycles. The highest BCUT2D eigenvalue weighted by Gasteiger charge is 2.18. The van der Waals surface area contributed by atoms with Crippen LogP contribution in [0.25, 0.3) is 116 Å². The van der Waals surface area contributed by atoms with Crippen molar-refractivity contribution in [2.75, 3.05) is 0 Å². The van der Waals surface area contributed by atoms with Crippen LogP contribution in [0.4, 0.5) is 0 Å². The Morgan fingerprint density at radius 2 is 0.873 bits per heavy atom. The minimum Gasteiger partial charge on any atom is -0.208 e. The number of nitrogens with zero attached hydrogens (tertiary/aromatic N) is 3. The third-order valence-corrected chi connectivity index (χ3v) is 12.2. The van der Waals surface area contributed by atoms with Crippen LogP contribution in [0.2, 0.25) is 0 Å². The van der Waals surface area contributed by atoms with Gasteiger partial charge in [-0.25, -0.2) is 15.0 Å². The molecule has 11 rings (SSSR count). The molecular weight excluding hydrogens is 783 g/mol. The van der Waals surface area contributed by atoms with Crippen molar-refractivity contribution in [2.24, 2.45) is 0 Å². The Morgan fingerprint density at radius 3 is 1.49 bits per heavy atom. The number of thiophene rings is 1. The molecule has 0 aliphatic carbocycles. The van der Waals surface area contributed by atoms with E-state index in [9.17, 15) is 6.85 Å². The first-order valence-electron chi connectivity index (χ1n) is 23.6. The lowest BCUT2D eigenvalue weighted by Gasteiger charge is -2.12. The average molecular weight is 828 g/mol. The van der Waals surface area contributed by atoms with Gasteiger partial charge in [-0.2, -0.15) is 0 Å². The zero-order chi connectivity index (χ0) is 47.3. The Balaban J connectivity index is 1.13. The second-order valence-electron chi connectivity index (χ2n) is 15.2. The average Bonchev–Trinajstić information content (AvgIpc) is 3.81. The lowest BCUT2D eigenvalue weighted by atomic mass is 9.91. The van der Waals surface area contributed by atoms with Crippen molar-refractivity contribution in [3.8, 4) is 89.8 Å². The third kappa shape index (κ3) is 7.54. The number of hydrogen-bond acceptors (Lipinski definition) is 4. The monoisotopic (exact) mass is 827 g/mol. The zero-order valence-corrected chi connectivity index (χ0v) is 34.7. The van der Waals surface area contributed by atoms with Crippen LogP contribution in [0.15, 0.2) is 225 Å². The van der Waals surface area contributed by atoms with Crippen LogP contribution in [0.5, 0.6) is 0 Å². The van der Waals surface area contributed by atoms with Gasteiger partial charge >= 0.3 is 0 Å². The Labute approximate surface area is 379 Å². The van der Waals surface area contributed by atoms with Gasteiger partial charge in [0.25, 0.3) is 0 Å². The van der Waals surface area contributed by atoms with E-state index in [-0.39, 0.29) is 53.0 Å². The summed E-state index contributed by atoms with van der Waals surface area (Å²) >= 11 is 1.12. The summed E-state index contributed by atoms with van der Waals surface area (Å²) < 4.78 is 57.8. The molecule has 63 heavy (non-hydrogen) atoms. The van der Waals surface area contributed by atoms with Gasteiger partial charge in [-0.05, 0) is 97.5 Å². The molecule has 0 spiro atoms. The smallest absolute Gasteiger partial charge is 0.164 e. The predicted octanol–water partition coefficient (Wildman–Crippen LogP) is 16.2. The molecule has 0 radical (unpaired) electrons. The molecule has 0 saturated carbocycles. The molecular formula is C59H39N3S. The molecule has 0 N–H and O–H groups in total. The van der Waals surface area contributed by atoms with E-state index in [1.54, 1.807) is 0 Å². The predicted molar refractivity (Wildman–Crippen MR) is 266 cm³/mol. The van der Waals surface area contributed by atoms with E-state index in [0.29, 0.717) is 48.7 Å². The highest BCUT2D eigenvalue weighted by atomic mass is 32.1. The Bertz CT molecular complexity index is 3730. The van der Waals surface area contributed by atoms with Gasteiger partial charge in [0.2, 0.25) is 0 Å². The molecule has 0 unspecified atom stereocenters. The molecule has 11 aromatic rings. The third-order valence-electron chi connectivity index (χ3n) is 11.2. The van der Waals surface area contributed by atoms with Gasteiger partial charge in [0, 0.05) is 36.9 Å². The van der Waals surface area contributed by atoms with Crippen molar-refractivity contribution >= 4 is 37.6 Å². The van der Waals surface area contributed by atoms with Gasteiger partial charge in [0.15, 0.2) is 17.5 Å². The zero-order valence-electron chi connectivity index (χ0n) is 39.9. The minimum atomic E-state index is -0.270. The van der Waals surface area contributed by atoms with Gasteiger partial charge in [0.05, 0.1) is 8.22 Å². The summed E-state index contributed by atoms with van der Waals surface area (Å²) in [6.07, 6.45) is 1.81. The summed E-state index contributed by atoms with van der Waals surface area (Å²) in [5.74, 6) is 0.722. The van der Waals surface area contributed by atoms with Crippen molar-refractivity contribution in [2.45, 2.75) is 0 Å². The quantitative estimate of drug-likeness (QED) is 0.145. The summed E-state index contributed by atoms with van der Waals surface area (Å²) in [6.45, 7) is 3.87. The van der Waals surface area contributed by atoms with E-state index in [1.165, 1.54) is 0 Å². The SMILES string of the molecule is [2H]c1c([2H])c(-c2cc(-c3ccccc3)cc(-c3ccccc3)c2)c2c(sc3c([2H])c(-c4nc(-c5ccc(-c6ccc(C=C)cc6)cc5)nc(-c5cccc(-c6ccccc6)c5)n4)c([2H])c([2H])c32)c1[2H]. The maximum atomic E-state index is 9.89. The van der Waals surface area contributed by atoms with Crippen LogP contribution in [0.3, 0.4) is 0 Å². The largest absolute Gasteiger partial charge is 0.208 e. The molecule has 9 aromatic carbocycles. The number of aromatic nitrogens is 3. The second-order valence-corrected chi connectivity index (χ2v) is 16.2. The minimum absolute atomic E-state index is 0.0461. The molecule has 4 heteroatoms. The van der Waals surface area contributed by atoms with Crippen LogP contribution < -0.4 is 0 Å². The normalized spacial score (nSPS) is 12.6. The first-order chi connectivity index (χ1) is 33.6. The van der Waals surface area contributed by atoms with E-state index < -0.39 is 0 Å². The van der Waals surface area contributed by atoms with Crippen LogP contribution in [0, 0.1) is 0 Å². The summed E-state index contributed by atoms with van der Waals surface area (Å²) in [7, 11) is 0. The molecule has 0 aliphatic rings. The van der Waals surface area contributed by atoms with E-state index in [1.807, 2.05) is 182 Å². The fourth-order valence-corrected chi connectivity index (χ4v) is 9.00. The number of fused-ring (bicyclic) bond motifs is 3. The van der Waals surface area contributed by atoms with Gasteiger partial charge < -0.3 is 0 Å². The van der Waals surface area contributed by atoms with Crippen molar-refractivity contribution in [3.05, 3.63) is 230 Å². The van der Waals surface area contributed by atoms with E-state index in [2.05, 4.69) is 12.6 Å². The fraction of sp³-hybridized carbons (Fsp3) is 0. The molecule has 0 saturated heterocycles.